The average Bonchev–Trinajstić information content (AvgIpc) is 2.64. The van der Waals surface area contributed by atoms with E-state index in [1.165, 1.54) is 17.5 Å². The van der Waals surface area contributed by atoms with E-state index in [2.05, 4.69) is 34.1 Å². The Morgan fingerprint density at radius 3 is 2.68 bits per heavy atom. The van der Waals surface area contributed by atoms with Gasteiger partial charge in [-0.15, -0.1) is 0 Å². The minimum Gasteiger partial charge on any atom is -0.397 e. The van der Waals surface area contributed by atoms with Gasteiger partial charge in [0, 0.05) is 13.1 Å². The number of hydrogen-bond acceptors (Lipinski definition) is 3. The van der Waals surface area contributed by atoms with Gasteiger partial charge in [-0.3, -0.25) is 0 Å². The Hall–Kier alpha value is -2.03. The van der Waals surface area contributed by atoms with Crippen molar-refractivity contribution in [3.05, 3.63) is 53.2 Å². The minimum absolute atomic E-state index is 0.763. The van der Waals surface area contributed by atoms with Crippen LogP contribution < -0.4 is 10.6 Å². The van der Waals surface area contributed by atoms with Crippen LogP contribution in [0.3, 0.4) is 0 Å². The van der Waals surface area contributed by atoms with Gasteiger partial charge in [-0.05, 0) is 43.0 Å². The number of fused-ring (bicyclic) bond motifs is 1. The molecule has 0 aliphatic carbocycles. The second kappa shape index (κ2) is 4.92. The number of benzene rings is 1. The topological polar surface area (TPSA) is 42.2 Å². The Bertz CT molecular complexity index is 592. The average molecular weight is 253 g/mol. The van der Waals surface area contributed by atoms with E-state index in [4.69, 9.17) is 5.73 Å². The predicted octanol–water partition coefficient (Wildman–Crippen LogP) is 2.93. The molecule has 1 aromatic carbocycles. The van der Waals surface area contributed by atoms with Crippen LogP contribution >= 0.6 is 0 Å². The van der Waals surface area contributed by atoms with E-state index in [9.17, 15) is 0 Å². The highest BCUT2D eigenvalue weighted by molar-refractivity contribution is 5.51. The van der Waals surface area contributed by atoms with Gasteiger partial charge in [0.15, 0.2) is 0 Å². The van der Waals surface area contributed by atoms with Gasteiger partial charge in [0.25, 0.3) is 0 Å². The Labute approximate surface area is 114 Å². The maximum atomic E-state index is 5.84. The number of nitrogens with two attached hydrogens (primary N) is 1. The molecule has 0 saturated heterocycles. The maximum Gasteiger partial charge on any atom is 0.129 e. The van der Waals surface area contributed by atoms with Crippen molar-refractivity contribution in [2.45, 2.75) is 26.3 Å². The fraction of sp³-hybridized carbons (Fsp3) is 0.312. The standard InChI is InChI=1S/C16H19N3/c1-12-15(17)8-9-16(18-12)19-10-4-7-13-5-2-3-6-14(13)11-19/h2-3,5-6,8-9H,4,7,10-11,17H2,1H3. The van der Waals surface area contributed by atoms with E-state index in [0.717, 1.165) is 36.7 Å². The van der Waals surface area contributed by atoms with Crippen LogP contribution in [-0.4, -0.2) is 11.5 Å². The number of aryl methyl sites for hydroxylation is 2. The van der Waals surface area contributed by atoms with Crippen LogP contribution in [0.5, 0.6) is 0 Å². The normalized spacial score (nSPS) is 14.9. The van der Waals surface area contributed by atoms with Crippen LogP contribution in [0, 0.1) is 6.92 Å². The molecule has 0 fully saturated rings. The van der Waals surface area contributed by atoms with Crippen LogP contribution in [0.25, 0.3) is 0 Å². The van der Waals surface area contributed by atoms with Crippen molar-refractivity contribution < 1.29 is 0 Å². The van der Waals surface area contributed by atoms with Crippen molar-refractivity contribution in [1.29, 1.82) is 0 Å². The van der Waals surface area contributed by atoms with E-state index in [1.807, 2.05) is 19.1 Å². The zero-order chi connectivity index (χ0) is 13.2. The molecule has 98 valence electrons. The lowest BCUT2D eigenvalue weighted by Crippen LogP contribution is -2.23. The van der Waals surface area contributed by atoms with Gasteiger partial charge in [-0.2, -0.15) is 0 Å². The Kier molecular flexibility index (Phi) is 3.11. The van der Waals surface area contributed by atoms with Gasteiger partial charge in [-0.1, -0.05) is 24.3 Å². The molecule has 0 spiro atoms. The summed E-state index contributed by atoms with van der Waals surface area (Å²) >= 11 is 0. The van der Waals surface area contributed by atoms with Crippen LogP contribution in [-0.2, 0) is 13.0 Å². The lowest BCUT2D eigenvalue weighted by Gasteiger charge is -2.22. The van der Waals surface area contributed by atoms with Crippen LogP contribution in [0.4, 0.5) is 11.5 Å². The van der Waals surface area contributed by atoms with E-state index in [1.54, 1.807) is 0 Å². The first-order valence-corrected chi connectivity index (χ1v) is 6.79. The monoisotopic (exact) mass is 253 g/mol. The Morgan fingerprint density at radius 2 is 1.89 bits per heavy atom. The van der Waals surface area contributed by atoms with Gasteiger partial charge < -0.3 is 10.6 Å². The third kappa shape index (κ3) is 2.41. The summed E-state index contributed by atoms with van der Waals surface area (Å²) in [5.41, 5.74) is 10.4. The summed E-state index contributed by atoms with van der Waals surface area (Å²) in [5, 5.41) is 0. The lowest BCUT2D eigenvalue weighted by atomic mass is 10.0. The highest BCUT2D eigenvalue weighted by atomic mass is 15.2. The Morgan fingerprint density at radius 1 is 1.11 bits per heavy atom. The van der Waals surface area contributed by atoms with Gasteiger partial charge in [-0.25, -0.2) is 4.98 Å². The quantitative estimate of drug-likeness (QED) is 0.849. The van der Waals surface area contributed by atoms with Crippen molar-refractivity contribution >= 4 is 11.5 Å². The number of anilines is 2. The first kappa shape index (κ1) is 12.0. The van der Waals surface area contributed by atoms with Crippen molar-refractivity contribution in [2.75, 3.05) is 17.2 Å². The molecule has 0 unspecified atom stereocenters. The molecule has 0 atom stereocenters. The molecule has 1 aliphatic heterocycles. The van der Waals surface area contributed by atoms with Crippen molar-refractivity contribution in [3.63, 3.8) is 0 Å². The summed E-state index contributed by atoms with van der Waals surface area (Å²) in [4.78, 5) is 6.96. The summed E-state index contributed by atoms with van der Waals surface area (Å²) < 4.78 is 0. The molecule has 2 N–H and O–H groups in total. The minimum atomic E-state index is 0.763. The SMILES string of the molecule is Cc1nc(N2CCCc3ccccc3C2)ccc1N. The highest BCUT2D eigenvalue weighted by Gasteiger charge is 2.15. The van der Waals surface area contributed by atoms with Crippen molar-refractivity contribution in [3.8, 4) is 0 Å². The molecule has 2 aromatic rings. The molecule has 0 saturated carbocycles. The van der Waals surface area contributed by atoms with E-state index in [0.29, 0.717) is 0 Å². The highest BCUT2D eigenvalue weighted by Crippen LogP contribution is 2.23. The second-order valence-electron chi connectivity index (χ2n) is 5.14. The smallest absolute Gasteiger partial charge is 0.129 e. The summed E-state index contributed by atoms with van der Waals surface area (Å²) in [7, 11) is 0. The van der Waals surface area contributed by atoms with Crippen LogP contribution in [0.1, 0.15) is 23.2 Å². The first-order valence-electron chi connectivity index (χ1n) is 6.79. The Balaban J connectivity index is 1.92. The number of hydrogen-bond donors (Lipinski definition) is 1. The predicted molar refractivity (Wildman–Crippen MR) is 79.2 cm³/mol. The van der Waals surface area contributed by atoms with E-state index in [-0.39, 0.29) is 0 Å². The lowest BCUT2D eigenvalue weighted by molar-refractivity contribution is 0.753. The number of nitrogen functional groups attached to an aromatic ring is 1. The van der Waals surface area contributed by atoms with Crippen molar-refractivity contribution in [2.24, 2.45) is 0 Å². The molecular formula is C16H19N3. The fourth-order valence-corrected chi connectivity index (χ4v) is 2.63. The largest absolute Gasteiger partial charge is 0.397 e. The van der Waals surface area contributed by atoms with Gasteiger partial charge in [0.2, 0.25) is 0 Å². The number of rotatable bonds is 1. The summed E-state index contributed by atoms with van der Waals surface area (Å²) in [6.07, 6.45) is 2.32. The van der Waals surface area contributed by atoms with E-state index < -0.39 is 0 Å². The maximum absolute atomic E-state index is 5.84. The summed E-state index contributed by atoms with van der Waals surface area (Å²) in [6, 6.07) is 12.7. The summed E-state index contributed by atoms with van der Waals surface area (Å²) in [6.45, 7) is 3.95. The molecule has 3 nitrogen and oxygen atoms in total. The molecule has 19 heavy (non-hydrogen) atoms. The third-order valence-electron chi connectivity index (χ3n) is 3.79. The zero-order valence-corrected chi connectivity index (χ0v) is 11.3. The molecule has 0 amide bonds. The first-order chi connectivity index (χ1) is 9.24. The molecule has 3 heteroatoms. The zero-order valence-electron chi connectivity index (χ0n) is 11.3. The van der Waals surface area contributed by atoms with Gasteiger partial charge >= 0.3 is 0 Å². The number of aromatic nitrogens is 1. The van der Waals surface area contributed by atoms with Crippen LogP contribution in [0.2, 0.25) is 0 Å². The van der Waals surface area contributed by atoms with Gasteiger partial charge in [0.05, 0.1) is 11.4 Å². The fourth-order valence-electron chi connectivity index (χ4n) is 2.63. The number of nitrogens with zero attached hydrogens (tertiary/aromatic N) is 2. The molecule has 1 aromatic heterocycles. The summed E-state index contributed by atoms with van der Waals surface area (Å²) in [5.74, 6) is 1.03. The third-order valence-corrected chi connectivity index (χ3v) is 3.79. The molecule has 0 radical (unpaired) electrons. The van der Waals surface area contributed by atoms with Gasteiger partial charge in [0.1, 0.15) is 5.82 Å². The number of pyridine rings is 1. The molecular weight excluding hydrogens is 234 g/mol. The second-order valence-corrected chi connectivity index (χ2v) is 5.14. The molecule has 3 rings (SSSR count). The van der Waals surface area contributed by atoms with E-state index >= 15 is 0 Å². The van der Waals surface area contributed by atoms with Crippen LogP contribution in [0.15, 0.2) is 36.4 Å². The van der Waals surface area contributed by atoms with Crippen molar-refractivity contribution in [1.82, 2.24) is 4.98 Å². The molecule has 0 bridgehead atoms. The molecule has 2 heterocycles. The molecule has 1 aliphatic rings.